The molecule has 10 nitrogen and oxygen atoms in total. The molecule has 1 unspecified atom stereocenters. The maximum absolute atomic E-state index is 13.1. The Morgan fingerprint density at radius 3 is 2.37 bits per heavy atom. The number of halogens is 3. The van der Waals surface area contributed by atoms with Gasteiger partial charge in [0.25, 0.3) is 0 Å². The second-order valence-corrected chi connectivity index (χ2v) is 13.8. The number of alkyl carbamates (subject to hydrolysis) is 1. The molecule has 4 aromatic carbocycles. The molecule has 0 aliphatic carbocycles. The van der Waals surface area contributed by atoms with Crippen LogP contribution in [0.3, 0.4) is 0 Å². The van der Waals surface area contributed by atoms with Crippen LogP contribution in [0.1, 0.15) is 53.9 Å². The summed E-state index contributed by atoms with van der Waals surface area (Å²) in [5, 5.41) is 12.7. The average Bonchev–Trinajstić information content (AvgIpc) is 3.77. The Morgan fingerprint density at radius 2 is 1.69 bits per heavy atom. The van der Waals surface area contributed by atoms with Crippen LogP contribution < -0.4 is 20.2 Å². The predicted molar refractivity (Wildman–Crippen MR) is 204 cm³/mol. The molecule has 0 aliphatic rings. The molecule has 1 amide bonds. The van der Waals surface area contributed by atoms with Crippen molar-refractivity contribution in [2.45, 2.75) is 52.7 Å². The number of carbonyl (C=O) groups excluding carboxylic acids is 1. The molecule has 0 radical (unpaired) electrons. The number of aryl methyl sites for hydroxylation is 2. The Balaban J connectivity index is 1.24. The molecule has 278 valence electrons. The van der Waals surface area contributed by atoms with E-state index in [1.54, 1.807) is 24.3 Å². The molecule has 2 heterocycles. The van der Waals surface area contributed by atoms with Crippen molar-refractivity contribution in [3.63, 3.8) is 0 Å². The van der Waals surface area contributed by atoms with Crippen molar-refractivity contribution in [3.05, 3.63) is 142 Å². The minimum absolute atomic E-state index is 0.0722. The lowest BCUT2D eigenvalue weighted by atomic mass is 9.99. The van der Waals surface area contributed by atoms with Gasteiger partial charge in [0.2, 0.25) is 0 Å². The zero-order valence-corrected chi connectivity index (χ0v) is 31.3. The third-order valence-electron chi connectivity index (χ3n) is 8.19. The van der Waals surface area contributed by atoms with Crippen LogP contribution in [-0.2, 0) is 11.3 Å². The van der Waals surface area contributed by atoms with Gasteiger partial charge in [0, 0.05) is 16.6 Å². The largest absolute Gasteiger partial charge is 0.573 e. The first kappa shape index (κ1) is 37.9. The zero-order valence-electron chi connectivity index (χ0n) is 29.7. The summed E-state index contributed by atoms with van der Waals surface area (Å²) in [4.78, 5) is 22.9. The summed E-state index contributed by atoms with van der Waals surface area (Å²) in [6, 6.07) is 28.1. The molecule has 6 aromatic rings. The van der Waals surface area contributed by atoms with Gasteiger partial charge in [0.1, 0.15) is 24.8 Å². The number of thiazole rings is 1. The number of benzene rings is 4. The number of nitrogens with one attached hydrogen (secondary N) is 2. The Morgan fingerprint density at radius 1 is 0.963 bits per heavy atom. The van der Waals surface area contributed by atoms with Gasteiger partial charge in [-0.05, 0) is 79.0 Å². The van der Waals surface area contributed by atoms with Crippen molar-refractivity contribution in [2.75, 3.05) is 0 Å². The number of rotatable bonds is 10. The van der Waals surface area contributed by atoms with E-state index in [0.29, 0.717) is 27.4 Å². The third-order valence-corrected chi connectivity index (χ3v) is 9.35. The topological polar surface area (TPSA) is 108 Å². The summed E-state index contributed by atoms with van der Waals surface area (Å²) in [7, 11) is 0. The fourth-order valence-corrected chi connectivity index (χ4v) is 6.71. The number of ether oxygens (including phenoxy) is 2. The second-order valence-electron chi connectivity index (χ2n) is 12.6. The highest BCUT2D eigenvalue weighted by atomic mass is 32.1. The average molecular weight is 772 g/mol. The van der Waals surface area contributed by atoms with Gasteiger partial charge in [0.15, 0.2) is 15.7 Å². The Hall–Kier alpha value is -5.80. The molecule has 0 spiro atoms. The van der Waals surface area contributed by atoms with E-state index in [-0.39, 0.29) is 23.4 Å². The molecular formula is C39H36F3N7O3S2. The Labute approximate surface area is 319 Å². The van der Waals surface area contributed by atoms with Crippen LogP contribution in [0, 0.1) is 13.8 Å². The van der Waals surface area contributed by atoms with Crippen molar-refractivity contribution in [3.8, 4) is 28.5 Å². The minimum Gasteiger partial charge on any atom is -0.445 e. The number of aromatic nitrogens is 4. The van der Waals surface area contributed by atoms with Crippen molar-refractivity contribution in [2.24, 2.45) is 4.99 Å². The molecule has 2 N–H and O–H groups in total. The molecule has 15 heteroatoms. The van der Waals surface area contributed by atoms with Gasteiger partial charge in [-0.15, -0.1) is 29.6 Å². The van der Waals surface area contributed by atoms with E-state index in [9.17, 15) is 18.0 Å². The lowest BCUT2D eigenvalue weighted by molar-refractivity contribution is -0.274. The van der Waals surface area contributed by atoms with Crippen LogP contribution in [0.2, 0.25) is 0 Å². The minimum atomic E-state index is -4.79. The van der Waals surface area contributed by atoms with Gasteiger partial charge in [-0.1, -0.05) is 86.1 Å². The standard InChI is InChI=1S/C39H36F3N7O3S2/c1-24(2)32-20-25(3)10-19-33(32)49-26(4)22-54-37(49)46-36(53)44-35(45-38(50)51-21-27-8-6-5-7-9-27)29-13-11-28(12-14-29)34-43-23-48(47-34)30-15-17-31(18-16-30)52-39(40,41)42/h5-20,22-24,35H,21H2,1-4H3,(H,44,53)(H,45,50). The van der Waals surface area contributed by atoms with Crippen LogP contribution in [0.25, 0.3) is 22.8 Å². The third kappa shape index (κ3) is 9.59. The summed E-state index contributed by atoms with van der Waals surface area (Å²) >= 11 is 7.21. The number of carbonyl (C=O) groups is 1. The fourth-order valence-electron chi connectivity index (χ4n) is 5.58. The van der Waals surface area contributed by atoms with Crippen LogP contribution in [-0.4, -0.2) is 36.9 Å². The van der Waals surface area contributed by atoms with E-state index in [2.05, 4.69) is 69.0 Å². The van der Waals surface area contributed by atoms with Gasteiger partial charge in [0.05, 0.1) is 11.4 Å². The molecular weight excluding hydrogens is 736 g/mol. The number of nitrogens with zero attached hydrogens (tertiary/aromatic N) is 5. The van der Waals surface area contributed by atoms with E-state index in [4.69, 9.17) is 21.9 Å². The molecule has 6 rings (SSSR count). The SMILES string of the molecule is Cc1ccc(-n2c(C)csc2=NC(=S)NC(NC(=O)OCc2ccccc2)c2ccc(-c3ncn(-c4ccc(OC(F)(F)F)cc4)n3)cc2)c(C(C)C)c1. The Kier molecular flexibility index (Phi) is 11.6. The van der Waals surface area contributed by atoms with Gasteiger partial charge in [-0.3, -0.25) is 9.88 Å². The molecule has 0 aliphatic heterocycles. The first-order valence-electron chi connectivity index (χ1n) is 16.8. The smallest absolute Gasteiger partial charge is 0.445 e. The maximum atomic E-state index is 13.1. The van der Waals surface area contributed by atoms with Crippen LogP contribution in [0.15, 0.2) is 114 Å². The van der Waals surface area contributed by atoms with Gasteiger partial charge < -0.3 is 14.8 Å². The van der Waals surface area contributed by atoms with E-state index in [1.165, 1.54) is 57.7 Å². The monoisotopic (exact) mass is 771 g/mol. The molecule has 1 atom stereocenters. The van der Waals surface area contributed by atoms with Crippen molar-refractivity contribution >= 4 is 34.8 Å². The number of amides is 1. The molecule has 2 aromatic heterocycles. The highest BCUT2D eigenvalue weighted by Crippen LogP contribution is 2.26. The van der Waals surface area contributed by atoms with Crippen molar-refractivity contribution < 1.29 is 27.4 Å². The normalized spacial score (nSPS) is 12.4. The molecule has 0 bridgehead atoms. The van der Waals surface area contributed by atoms with Crippen LogP contribution >= 0.6 is 23.6 Å². The number of hydrogen-bond acceptors (Lipinski definition) is 7. The lowest BCUT2D eigenvalue weighted by Gasteiger charge is -2.21. The van der Waals surface area contributed by atoms with E-state index >= 15 is 0 Å². The quantitative estimate of drug-likeness (QED) is 0.106. The second kappa shape index (κ2) is 16.5. The molecule has 0 saturated heterocycles. The summed E-state index contributed by atoms with van der Waals surface area (Å²) in [5.41, 5.74) is 7.00. The first-order valence-corrected chi connectivity index (χ1v) is 18.1. The van der Waals surface area contributed by atoms with E-state index < -0.39 is 18.6 Å². The highest BCUT2D eigenvalue weighted by Gasteiger charge is 2.31. The van der Waals surface area contributed by atoms with E-state index in [1.807, 2.05) is 42.6 Å². The summed E-state index contributed by atoms with van der Waals surface area (Å²) in [5.74, 6) is 0.309. The van der Waals surface area contributed by atoms with Gasteiger partial charge >= 0.3 is 12.5 Å². The van der Waals surface area contributed by atoms with Crippen LogP contribution in [0.5, 0.6) is 5.75 Å². The van der Waals surface area contributed by atoms with Crippen LogP contribution in [0.4, 0.5) is 18.0 Å². The predicted octanol–water partition coefficient (Wildman–Crippen LogP) is 8.83. The van der Waals surface area contributed by atoms with Crippen molar-refractivity contribution in [1.82, 2.24) is 30.0 Å². The first-order chi connectivity index (χ1) is 25.8. The highest BCUT2D eigenvalue weighted by molar-refractivity contribution is 7.80. The van der Waals surface area contributed by atoms with Crippen molar-refractivity contribution in [1.29, 1.82) is 0 Å². The molecule has 54 heavy (non-hydrogen) atoms. The molecule has 0 saturated carbocycles. The number of hydrogen-bond donors (Lipinski definition) is 2. The number of thiocarbonyl (C=S) groups is 1. The number of alkyl halides is 3. The lowest BCUT2D eigenvalue weighted by Crippen LogP contribution is -2.40. The summed E-state index contributed by atoms with van der Waals surface area (Å²) in [6.45, 7) is 8.47. The van der Waals surface area contributed by atoms with E-state index in [0.717, 1.165) is 16.9 Å². The summed E-state index contributed by atoms with van der Waals surface area (Å²) < 4.78 is 50.7. The Bertz CT molecular complexity index is 2300. The fraction of sp³-hybridized carbons (Fsp3) is 0.205. The maximum Gasteiger partial charge on any atom is 0.573 e. The molecule has 0 fully saturated rings. The van der Waals surface area contributed by atoms with Gasteiger partial charge in [-0.2, -0.15) is 4.99 Å². The summed E-state index contributed by atoms with van der Waals surface area (Å²) in [6.07, 6.45) is -4.83. The van der Waals surface area contributed by atoms with Gasteiger partial charge in [-0.25, -0.2) is 14.5 Å². The zero-order chi connectivity index (χ0) is 38.4.